The maximum atomic E-state index is 10.5. The molecule has 0 spiro atoms. The first kappa shape index (κ1) is 15.8. The lowest BCUT2D eigenvalue weighted by atomic mass is 9.86. The number of pyridine rings is 1. The third-order valence-electron chi connectivity index (χ3n) is 4.29. The molecule has 1 unspecified atom stereocenters. The Morgan fingerprint density at radius 2 is 1.78 bits per heavy atom. The smallest absolute Gasteiger partial charge is 0.137 e. The van der Waals surface area contributed by atoms with Crippen molar-refractivity contribution in [3.63, 3.8) is 0 Å². The largest absolute Gasteiger partial charge is 0.387 e. The molecule has 1 aromatic carbocycles. The van der Waals surface area contributed by atoms with Gasteiger partial charge in [0.25, 0.3) is 0 Å². The number of aliphatic hydroxyl groups is 1. The molecular weight excluding hydrogens is 284 g/mol. The van der Waals surface area contributed by atoms with Crippen molar-refractivity contribution in [2.45, 2.75) is 45.6 Å². The molecule has 0 radical (unpaired) electrons. The Balaban J connectivity index is 2.15. The van der Waals surface area contributed by atoms with Crippen LogP contribution in [0.25, 0.3) is 16.9 Å². The van der Waals surface area contributed by atoms with Crippen LogP contribution < -0.4 is 0 Å². The molecule has 2 heterocycles. The standard InChI is InChI=1S/C20H24N2O/c1-5-16(23)19-18(21-17-8-6-7-13-22(17)19)14-9-11-15(12-10-14)20(2,3)4/h6-13,16,23H,5H2,1-4H3. The average Bonchev–Trinajstić information content (AvgIpc) is 2.93. The van der Waals surface area contributed by atoms with Crippen molar-refractivity contribution in [2.24, 2.45) is 0 Å². The van der Waals surface area contributed by atoms with E-state index in [2.05, 4.69) is 45.0 Å². The highest BCUT2D eigenvalue weighted by atomic mass is 16.3. The minimum atomic E-state index is -0.523. The van der Waals surface area contributed by atoms with Gasteiger partial charge in [0.15, 0.2) is 0 Å². The molecule has 0 aliphatic carbocycles. The summed E-state index contributed by atoms with van der Waals surface area (Å²) < 4.78 is 1.99. The highest BCUT2D eigenvalue weighted by Crippen LogP contribution is 2.32. The van der Waals surface area contributed by atoms with Gasteiger partial charge in [-0.05, 0) is 29.5 Å². The molecule has 120 valence electrons. The summed E-state index contributed by atoms with van der Waals surface area (Å²) in [5, 5.41) is 10.5. The molecule has 0 aliphatic rings. The highest BCUT2D eigenvalue weighted by Gasteiger charge is 2.20. The fourth-order valence-electron chi connectivity index (χ4n) is 2.87. The van der Waals surface area contributed by atoms with E-state index in [4.69, 9.17) is 4.98 Å². The van der Waals surface area contributed by atoms with Crippen LogP contribution in [0.1, 0.15) is 51.5 Å². The summed E-state index contributed by atoms with van der Waals surface area (Å²) in [5.74, 6) is 0. The van der Waals surface area contributed by atoms with E-state index in [1.54, 1.807) is 0 Å². The first-order valence-corrected chi connectivity index (χ1v) is 8.17. The van der Waals surface area contributed by atoms with Crippen LogP contribution in [0.5, 0.6) is 0 Å². The van der Waals surface area contributed by atoms with Gasteiger partial charge < -0.3 is 9.51 Å². The molecule has 0 aliphatic heterocycles. The van der Waals surface area contributed by atoms with Gasteiger partial charge in [-0.1, -0.05) is 58.0 Å². The van der Waals surface area contributed by atoms with Gasteiger partial charge in [-0.15, -0.1) is 0 Å². The number of fused-ring (bicyclic) bond motifs is 1. The molecule has 0 amide bonds. The average molecular weight is 308 g/mol. The quantitative estimate of drug-likeness (QED) is 0.758. The fourth-order valence-corrected chi connectivity index (χ4v) is 2.87. The predicted molar refractivity (Wildman–Crippen MR) is 94.6 cm³/mol. The van der Waals surface area contributed by atoms with Gasteiger partial charge in [-0.25, -0.2) is 4.98 Å². The molecule has 0 bridgehead atoms. The second-order valence-electron chi connectivity index (χ2n) is 7.03. The van der Waals surface area contributed by atoms with Crippen LogP contribution in [0, 0.1) is 0 Å². The van der Waals surface area contributed by atoms with Crippen LogP contribution >= 0.6 is 0 Å². The van der Waals surface area contributed by atoms with Crippen LogP contribution in [0.15, 0.2) is 48.7 Å². The second kappa shape index (κ2) is 5.82. The lowest BCUT2D eigenvalue weighted by Gasteiger charge is -2.19. The third kappa shape index (κ3) is 2.89. The highest BCUT2D eigenvalue weighted by molar-refractivity contribution is 5.67. The first-order chi connectivity index (χ1) is 10.9. The summed E-state index contributed by atoms with van der Waals surface area (Å²) in [4.78, 5) is 4.75. The molecule has 3 aromatic rings. The number of imidazole rings is 1. The third-order valence-corrected chi connectivity index (χ3v) is 4.29. The summed E-state index contributed by atoms with van der Waals surface area (Å²) in [7, 11) is 0. The minimum absolute atomic E-state index is 0.128. The van der Waals surface area contributed by atoms with E-state index in [0.717, 1.165) is 22.6 Å². The first-order valence-electron chi connectivity index (χ1n) is 8.17. The molecule has 2 aromatic heterocycles. The minimum Gasteiger partial charge on any atom is -0.387 e. The molecule has 0 fully saturated rings. The van der Waals surface area contributed by atoms with Gasteiger partial charge in [0.2, 0.25) is 0 Å². The van der Waals surface area contributed by atoms with Crippen molar-refractivity contribution in [1.29, 1.82) is 0 Å². The van der Waals surface area contributed by atoms with Crippen molar-refractivity contribution >= 4 is 5.65 Å². The van der Waals surface area contributed by atoms with Gasteiger partial charge in [0.05, 0.1) is 17.5 Å². The Morgan fingerprint density at radius 1 is 1.09 bits per heavy atom. The molecule has 1 N–H and O–H groups in total. The van der Waals surface area contributed by atoms with Crippen LogP contribution in [0.2, 0.25) is 0 Å². The van der Waals surface area contributed by atoms with Gasteiger partial charge in [0.1, 0.15) is 5.65 Å². The van der Waals surface area contributed by atoms with E-state index in [1.807, 2.05) is 35.7 Å². The summed E-state index contributed by atoms with van der Waals surface area (Å²) >= 11 is 0. The van der Waals surface area contributed by atoms with E-state index in [0.29, 0.717) is 6.42 Å². The van der Waals surface area contributed by atoms with Crippen molar-refractivity contribution in [3.05, 3.63) is 59.9 Å². The molecule has 0 saturated carbocycles. The molecule has 23 heavy (non-hydrogen) atoms. The molecular formula is C20H24N2O. The normalized spacial score (nSPS) is 13.4. The van der Waals surface area contributed by atoms with E-state index >= 15 is 0 Å². The van der Waals surface area contributed by atoms with Gasteiger partial charge in [-0.3, -0.25) is 0 Å². The van der Waals surface area contributed by atoms with Crippen LogP contribution in [0.4, 0.5) is 0 Å². The van der Waals surface area contributed by atoms with E-state index in [9.17, 15) is 5.11 Å². The maximum absolute atomic E-state index is 10.5. The summed E-state index contributed by atoms with van der Waals surface area (Å²) in [6.45, 7) is 8.61. The van der Waals surface area contributed by atoms with E-state index < -0.39 is 6.10 Å². The zero-order chi connectivity index (χ0) is 16.6. The van der Waals surface area contributed by atoms with Gasteiger partial charge >= 0.3 is 0 Å². The zero-order valence-electron chi connectivity index (χ0n) is 14.2. The van der Waals surface area contributed by atoms with Gasteiger partial charge in [-0.2, -0.15) is 0 Å². The SMILES string of the molecule is CCC(O)c1c(-c2ccc(C(C)(C)C)cc2)nc2ccccn12. The lowest BCUT2D eigenvalue weighted by molar-refractivity contribution is 0.168. The summed E-state index contributed by atoms with van der Waals surface area (Å²) in [5.41, 5.74) is 5.07. The Hall–Kier alpha value is -2.13. The summed E-state index contributed by atoms with van der Waals surface area (Å²) in [6.07, 6.45) is 2.10. The van der Waals surface area contributed by atoms with Crippen LogP contribution in [-0.2, 0) is 5.41 Å². The molecule has 0 saturated heterocycles. The fraction of sp³-hybridized carbons (Fsp3) is 0.350. The molecule has 3 heteroatoms. The Kier molecular flexibility index (Phi) is 3.99. The molecule has 3 rings (SSSR count). The number of hydrogen-bond acceptors (Lipinski definition) is 2. The number of hydrogen-bond donors (Lipinski definition) is 1. The van der Waals surface area contributed by atoms with Crippen molar-refractivity contribution in [3.8, 4) is 11.3 Å². The van der Waals surface area contributed by atoms with Crippen LogP contribution in [0.3, 0.4) is 0 Å². The Bertz CT molecular complexity index is 810. The van der Waals surface area contributed by atoms with Crippen LogP contribution in [-0.4, -0.2) is 14.5 Å². The number of rotatable bonds is 3. The Morgan fingerprint density at radius 3 is 2.39 bits per heavy atom. The number of benzene rings is 1. The van der Waals surface area contributed by atoms with E-state index in [1.165, 1.54) is 5.56 Å². The number of aliphatic hydroxyl groups excluding tert-OH is 1. The monoisotopic (exact) mass is 308 g/mol. The predicted octanol–water partition coefficient (Wildman–Crippen LogP) is 4.74. The maximum Gasteiger partial charge on any atom is 0.137 e. The van der Waals surface area contributed by atoms with Crippen molar-refractivity contribution in [1.82, 2.24) is 9.38 Å². The second-order valence-corrected chi connectivity index (χ2v) is 7.03. The zero-order valence-corrected chi connectivity index (χ0v) is 14.2. The van der Waals surface area contributed by atoms with Crippen molar-refractivity contribution < 1.29 is 5.11 Å². The molecule has 3 nitrogen and oxygen atoms in total. The molecule has 1 atom stereocenters. The lowest BCUT2D eigenvalue weighted by Crippen LogP contribution is -2.10. The van der Waals surface area contributed by atoms with Crippen molar-refractivity contribution in [2.75, 3.05) is 0 Å². The number of aromatic nitrogens is 2. The summed E-state index contributed by atoms with van der Waals surface area (Å²) in [6, 6.07) is 14.4. The van der Waals surface area contributed by atoms with Gasteiger partial charge in [0, 0.05) is 11.8 Å². The Labute approximate surface area is 137 Å². The topological polar surface area (TPSA) is 37.5 Å². The van der Waals surface area contributed by atoms with E-state index in [-0.39, 0.29) is 5.41 Å². The number of nitrogens with zero attached hydrogens (tertiary/aromatic N) is 2.